The van der Waals surface area contributed by atoms with E-state index in [1.807, 2.05) is 24.8 Å². The molecule has 1 amide bonds. The van der Waals surface area contributed by atoms with Gasteiger partial charge in [0, 0.05) is 13.1 Å². The average molecular weight is 255 g/mol. The van der Waals surface area contributed by atoms with Gasteiger partial charge in [-0.05, 0) is 24.4 Å². The third kappa shape index (κ3) is 2.95. The fourth-order valence-corrected chi connectivity index (χ4v) is 4.39. The first kappa shape index (κ1) is 13.5. The highest BCUT2D eigenvalue weighted by molar-refractivity contribution is 7.27. The van der Waals surface area contributed by atoms with Gasteiger partial charge in [-0.15, -0.1) is 11.3 Å². The minimum atomic E-state index is -1.27. The van der Waals surface area contributed by atoms with Crippen molar-refractivity contribution in [1.29, 1.82) is 0 Å². The number of rotatable bonds is 4. The summed E-state index contributed by atoms with van der Waals surface area (Å²) in [6.45, 7) is 12.5. The highest BCUT2D eigenvalue weighted by Crippen LogP contribution is 2.15. The molecule has 1 rings (SSSR count). The monoisotopic (exact) mass is 255 g/mol. The first-order chi connectivity index (χ1) is 7.40. The number of amides is 1. The van der Waals surface area contributed by atoms with Crippen molar-refractivity contribution in [2.75, 3.05) is 13.1 Å². The second-order valence-corrected chi connectivity index (χ2v) is 11.4. The zero-order valence-corrected chi connectivity index (χ0v) is 12.6. The summed E-state index contributed by atoms with van der Waals surface area (Å²) in [5.74, 6) is 0.180. The van der Waals surface area contributed by atoms with Crippen LogP contribution in [0.25, 0.3) is 0 Å². The van der Waals surface area contributed by atoms with Crippen molar-refractivity contribution in [2.45, 2.75) is 33.5 Å². The van der Waals surface area contributed by atoms with E-state index in [2.05, 4.69) is 25.7 Å². The molecule has 0 atom stereocenters. The van der Waals surface area contributed by atoms with E-state index in [0.29, 0.717) is 0 Å². The lowest BCUT2D eigenvalue weighted by Crippen LogP contribution is -2.35. The SMILES string of the molecule is CCN(CC)C(=O)c1ccc([Si](C)(C)C)s1. The van der Waals surface area contributed by atoms with Crippen LogP contribution < -0.4 is 4.50 Å². The van der Waals surface area contributed by atoms with Gasteiger partial charge in [0.05, 0.1) is 13.0 Å². The van der Waals surface area contributed by atoms with Crippen molar-refractivity contribution in [3.8, 4) is 0 Å². The Morgan fingerprint density at radius 1 is 1.25 bits per heavy atom. The molecule has 0 aliphatic rings. The largest absolute Gasteiger partial charge is 0.339 e. The smallest absolute Gasteiger partial charge is 0.263 e. The molecule has 0 saturated carbocycles. The van der Waals surface area contributed by atoms with Gasteiger partial charge in [-0.1, -0.05) is 25.7 Å². The Bertz CT molecular complexity index is 363. The predicted octanol–water partition coefficient (Wildman–Crippen LogP) is 2.78. The van der Waals surface area contributed by atoms with Crippen molar-refractivity contribution < 1.29 is 4.79 Å². The molecule has 2 nitrogen and oxygen atoms in total. The van der Waals surface area contributed by atoms with Crippen LogP contribution in [0.5, 0.6) is 0 Å². The van der Waals surface area contributed by atoms with Gasteiger partial charge >= 0.3 is 0 Å². The van der Waals surface area contributed by atoms with Crippen molar-refractivity contribution in [3.63, 3.8) is 0 Å². The lowest BCUT2D eigenvalue weighted by atomic mass is 10.4. The van der Waals surface area contributed by atoms with Gasteiger partial charge in [-0.25, -0.2) is 0 Å². The molecule has 1 heterocycles. The Morgan fingerprint density at radius 3 is 2.19 bits per heavy atom. The molecule has 0 aliphatic carbocycles. The second kappa shape index (κ2) is 5.14. The summed E-state index contributed by atoms with van der Waals surface area (Å²) in [4.78, 5) is 14.9. The second-order valence-electron chi connectivity index (χ2n) is 4.89. The van der Waals surface area contributed by atoms with Gasteiger partial charge < -0.3 is 4.90 Å². The third-order valence-corrected chi connectivity index (χ3v) is 7.28. The van der Waals surface area contributed by atoms with Crippen LogP contribution in [-0.4, -0.2) is 32.0 Å². The average Bonchev–Trinajstić information content (AvgIpc) is 2.67. The maximum atomic E-state index is 12.1. The summed E-state index contributed by atoms with van der Waals surface area (Å²) >= 11 is 1.68. The molecule has 0 fully saturated rings. The molecule has 4 heteroatoms. The van der Waals surface area contributed by atoms with Gasteiger partial charge in [0.1, 0.15) is 0 Å². The molecule has 0 spiro atoms. The standard InChI is InChI=1S/C12H21NOSSi/c1-6-13(7-2)12(14)10-8-9-11(15-10)16(3,4)5/h8-9H,6-7H2,1-5H3. The lowest BCUT2D eigenvalue weighted by Gasteiger charge is -2.17. The van der Waals surface area contributed by atoms with E-state index >= 15 is 0 Å². The van der Waals surface area contributed by atoms with Gasteiger partial charge in [0.2, 0.25) is 0 Å². The van der Waals surface area contributed by atoms with Gasteiger partial charge in [-0.3, -0.25) is 4.79 Å². The molecule has 1 aromatic heterocycles. The van der Waals surface area contributed by atoms with E-state index in [4.69, 9.17) is 0 Å². The molecule has 0 radical (unpaired) electrons. The maximum Gasteiger partial charge on any atom is 0.263 e. The zero-order valence-electron chi connectivity index (χ0n) is 10.8. The van der Waals surface area contributed by atoms with Gasteiger partial charge in [-0.2, -0.15) is 0 Å². The van der Waals surface area contributed by atoms with Crippen molar-refractivity contribution in [2.24, 2.45) is 0 Å². The fourth-order valence-electron chi connectivity index (χ4n) is 1.52. The highest BCUT2D eigenvalue weighted by atomic mass is 32.1. The molecule has 16 heavy (non-hydrogen) atoms. The van der Waals surface area contributed by atoms with Crippen LogP contribution in [0.3, 0.4) is 0 Å². The fraction of sp³-hybridized carbons (Fsp3) is 0.583. The van der Waals surface area contributed by atoms with Crippen molar-refractivity contribution >= 4 is 29.8 Å². The lowest BCUT2D eigenvalue weighted by molar-refractivity contribution is 0.0778. The van der Waals surface area contributed by atoms with Crippen LogP contribution in [0.1, 0.15) is 23.5 Å². The number of carbonyl (C=O) groups excluding carboxylic acids is 1. The van der Waals surface area contributed by atoms with E-state index < -0.39 is 8.07 Å². The summed E-state index contributed by atoms with van der Waals surface area (Å²) in [5, 5.41) is 0. The number of carbonyl (C=O) groups is 1. The number of hydrogen-bond acceptors (Lipinski definition) is 2. The normalized spacial score (nSPS) is 11.6. The first-order valence-electron chi connectivity index (χ1n) is 5.79. The molecule has 0 aromatic carbocycles. The summed E-state index contributed by atoms with van der Waals surface area (Å²) in [5.41, 5.74) is 0. The summed E-state index contributed by atoms with van der Waals surface area (Å²) in [7, 11) is -1.27. The quantitative estimate of drug-likeness (QED) is 0.758. The van der Waals surface area contributed by atoms with Crippen LogP contribution in [0.4, 0.5) is 0 Å². The highest BCUT2D eigenvalue weighted by Gasteiger charge is 2.21. The Hall–Kier alpha value is -0.613. The van der Waals surface area contributed by atoms with Crippen LogP contribution in [0.15, 0.2) is 12.1 Å². The molecule has 1 aromatic rings. The number of nitrogens with zero attached hydrogens (tertiary/aromatic N) is 1. The van der Waals surface area contributed by atoms with E-state index in [1.165, 1.54) is 4.50 Å². The topological polar surface area (TPSA) is 20.3 Å². The number of hydrogen-bond donors (Lipinski definition) is 0. The minimum Gasteiger partial charge on any atom is -0.339 e. The zero-order chi connectivity index (χ0) is 12.3. The van der Waals surface area contributed by atoms with Crippen molar-refractivity contribution in [1.82, 2.24) is 4.90 Å². The Balaban J connectivity index is 2.90. The Kier molecular flexibility index (Phi) is 4.33. The van der Waals surface area contributed by atoms with Gasteiger partial charge in [0.15, 0.2) is 0 Å². The molecule has 0 aliphatic heterocycles. The molecule has 0 N–H and O–H groups in total. The number of thiophene rings is 1. The van der Waals surface area contributed by atoms with Gasteiger partial charge in [0.25, 0.3) is 5.91 Å². The molecule has 0 unspecified atom stereocenters. The van der Waals surface area contributed by atoms with Crippen LogP contribution in [-0.2, 0) is 0 Å². The van der Waals surface area contributed by atoms with E-state index in [0.717, 1.165) is 18.0 Å². The van der Waals surface area contributed by atoms with Crippen molar-refractivity contribution in [3.05, 3.63) is 17.0 Å². The maximum absolute atomic E-state index is 12.1. The Labute approximate surface area is 103 Å². The third-order valence-electron chi connectivity index (χ3n) is 2.61. The molecular formula is C12H21NOSSi. The summed E-state index contributed by atoms with van der Waals surface area (Å²) in [6, 6.07) is 4.12. The van der Waals surface area contributed by atoms with E-state index in [-0.39, 0.29) is 5.91 Å². The molecule has 0 bridgehead atoms. The van der Waals surface area contributed by atoms with Crippen LogP contribution >= 0.6 is 11.3 Å². The predicted molar refractivity (Wildman–Crippen MR) is 74.6 cm³/mol. The molecule has 90 valence electrons. The van der Waals surface area contributed by atoms with Crippen LogP contribution in [0.2, 0.25) is 19.6 Å². The minimum absolute atomic E-state index is 0.180. The van der Waals surface area contributed by atoms with E-state index in [1.54, 1.807) is 11.3 Å². The Morgan fingerprint density at radius 2 is 1.81 bits per heavy atom. The molecule has 0 saturated heterocycles. The summed E-state index contributed by atoms with van der Waals surface area (Å²) < 4.78 is 1.41. The van der Waals surface area contributed by atoms with E-state index in [9.17, 15) is 4.79 Å². The molecular weight excluding hydrogens is 234 g/mol. The first-order valence-corrected chi connectivity index (χ1v) is 10.1. The summed E-state index contributed by atoms with van der Waals surface area (Å²) in [6.07, 6.45) is 0. The van der Waals surface area contributed by atoms with Crippen LogP contribution in [0, 0.1) is 0 Å².